The van der Waals surface area contributed by atoms with Gasteiger partial charge in [0, 0.05) is 38.2 Å². The Labute approximate surface area is 143 Å². The van der Waals surface area contributed by atoms with E-state index in [2.05, 4.69) is 10.3 Å². The van der Waals surface area contributed by atoms with Crippen LogP contribution in [-0.4, -0.2) is 47.6 Å². The predicted molar refractivity (Wildman–Crippen MR) is 90.0 cm³/mol. The molecule has 2 fully saturated rings. The first-order valence-electron chi connectivity index (χ1n) is 7.43. The molecule has 0 aliphatic carbocycles. The molecule has 2 aliphatic rings. The number of carbonyl (C=O) groups is 1. The molecule has 1 N–H and O–H groups in total. The largest absolute Gasteiger partial charge is 0.474 e. The van der Waals surface area contributed by atoms with Crippen molar-refractivity contribution in [3.63, 3.8) is 0 Å². The minimum absolute atomic E-state index is 0. The van der Waals surface area contributed by atoms with Gasteiger partial charge in [0.15, 0.2) is 0 Å². The molecule has 3 rings (SSSR count). The van der Waals surface area contributed by atoms with E-state index in [-0.39, 0.29) is 42.9 Å². The van der Waals surface area contributed by atoms with Gasteiger partial charge in [0.05, 0.1) is 6.04 Å². The smallest absolute Gasteiger partial charge is 0.239 e. The standard InChI is InChI=1S/C15H21N3O2.2ClH/c19-15(13-4-3-9-16-13)18-10-6-12(7-11-18)20-14-5-1-2-8-17-14;;/h1-2,5,8,12-13,16H,3-4,6-7,9-11H2;2*1H. The van der Waals surface area contributed by atoms with E-state index in [9.17, 15) is 4.79 Å². The molecule has 7 heteroatoms. The maximum absolute atomic E-state index is 12.3. The van der Waals surface area contributed by atoms with Crippen LogP contribution >= 0.6 is 24.8 Å². The topological polar surface area (TPSA) is 54.5 Å². The van der Waals surface area contributed by atoms with Gasteiger partial charge in [0.25, 0.3) is 0 Å². The first kappa shape index (κ1) is 19.0. The second-order valence-corrected chi connectivity index (χ2v) is 5.46. The highest BCUT2D eigenvalue weighted by Gasteiger charge is 2.30. The number of nitrogens with one attached hydrogen (secondary N) is 1. The highest BCUT2D eigenvalue weighted by atomic mass is 35.5. The maximum atomic E-state index is 12.3. The summed E-state index contributed by atoms with van der Waals surface area (Å²) in [5.41, 5.74) is 0. The van der Waals surface area contributed by atoms with Crippen LogP contribution in [0.3, 0.4) is 0 Å². The molecule has 2 aliphatic heterocycles. The molecule has 124 valence electrons. The van der Waals surface area contributed by atoms with E-state index < -0.39 is 0 Å². The average Bonchev–Trinajstić information content (AvgIpc) is 3.03. The average molecular weight is 348 g/mol. The van der Waals surface area contributed by atoms with Crippen molar-refractivity contribution in [2.75, 3.05) is 19.6 Å². The Balaban J connectivity index is 0.00000121. The van der Waals surface area contributed by atoms with E-state index in [1.54, 1.807) is 6.20 Å². The van der Waals surface area contributed by atoms with Crippen LogP contribution < -0.4 is 10.1 Å². The number of rotatable bonds is 3. The van der Waals surface area contributed by atoms with Crippen LogP contribution in [0.4, 0.5) is 0 Å². The molecular weight excluding hydrogens is 325 g/mol. The van der Waals surface area contributed by atoms with Crippen molar-refractivity contribution in [2.45, 2.75) is 37.8 Å². The fourth-order valence-corrected chi connectivity index (χ4v) is 2.90. The Morgan fingerprint density at radius 3 is 2.59 bits per heavy atom. The summed E-state index contributed by atoms with van der Waals surface area (Å²) in [5, 5.41) is 3.27. The number of piperidine rings is 1. The lowest BCUT2D eigenvalue weighted by Gasteiger charge is -2.33. The van der Waals surface area contributed by atoms with Crippen molar-refractivity contribution in [3.8, 4) is 5.88 Å². The van der Waals surface area contributed by atoms with Crippen molar-refractivity contribution in [1.82, 2.24) is 15.2 Å². The van der Waals surface area contributed by atoms with Gasteiger partial charge < -0.3 is 15.0 Å². The summed E-state index contributed by atoms with van der Waals surface area (Å²) in [7, 11) is 0. The normalized spacial score (nSPS) is 21.6. The van der Waals surface area contributed by atoms with Gasteiger partial charge in [-0.25, -0.2) is 4.98 Å². The van der Waals surface area contributed by atoms with E-state index in [1.807, 2.05) is 23.1 Å². The molecule has 1 aromatic heterocycles. The zero-order valence-electron chi connectivity index (χ0n) is 12.4. The van der Waals surface area contributed by atoms with E-state index in [0.717, 1.165) is 45.3 Å². The number of amides is 1. The monoisotopic (exact) mass is 347 g/mol. The van der Waals surface area contributed by atoms with Crippen molar-refractivity contribution in [3.05, 3.63) is 24.4 Å². The minimum atomic E-state index is 0. The zero-order valence-corrected chi connectivity index (χ0v) is 14.1. The van der Waals surface area contributed by atoms with Crippen LogP contribution in [-0.2, 0) is 4.79 Å². The van der Waals surface area contributed by atoms with E-state index >= 15 is 0 Å². The first-order valence-corrected chi connectivity index (χ1v) is 7.43. The number of halogens is 2. The first-order chi connectivity index (χ1) is 9.83. The molecule has 1 atom stereocenters. The van der Waals surface area contributed by atoms with Gasteiger partial charge in [-0.15, -0.1) is 24.8 Å². The Kier molecular flexibility index (Phi) is 7.93. The Morgan fingerprint density at radius 1 is 1.23 bits per heavy atom. The van der Waals surface area contributed by atoms with Gasteiger partial charge >= 0.3 is 0 Å². The molecule has 0 aromatic carbocycles. The predicted octanol–water partition coefficient (Wildman–Crippen LogP) is 2.05. The molecule has 1 unspecified atom stereocenters. The van der Waals surface area contributed by atoms with Crippen LogP contribution in [0.5, 0.6) is 5.88 Å². The molecule has 1 amide bonds. The minimum Gasteiger partial charge on any atom is -0.474 e. The number of carbonyl (C=O) groups excluding carboxylic acids is 1. The number of hydrogen-bond donors (Lipinski definition) is 1. The lowest BCUT2D eigenvalue weighted by molar-refractivity contribution is -0.134. The zero-order chi connectivity index (χ0) is 13.8. The van der Waals surface area contributed by atoms with Crippen LogP contribution in [0.2, 0.25) is 0 Å². The summed E-state index contributed by atoms with van der Waals surface area (Å²) in [6.07, 6.45) is 5.76. The van der Waals surface area contributed by atoms with E-state index in [0.29, 0.717) is 5.88 Å². The fraction of sp³-hybridized carbons (Fsp3) is 0.600. The second kappa shape index (κ2) is 9.18. The SMILES string of the molecule is Cl.Cl.O=C(C1CCCN1)N1CCC(Oc2ccccn2)CC1. The molecule has 2 saturated heterocycles. The molecule has 0 saturated carbocycles. The lowest BCUT2D eigenvalue weighted by Crippen LogP contribution is -2.48. The van der Waals surface area contributed by atoms with E-state index in [4.69, 9.17) is 4.74 Å². The van der Waals surface area contributed by atoms with Crippen molar-refractivity contribution < 1.29 is 9.53 Å². The van der Waals surface area contributed by atoms with Crippen LogP contribution in [0.15, 0.2) is 24.4 Å². The molecule has 0 radical (unpaired) electrons. The molecule has 0 spiro atoms. The third kappa shape index (κ3) is 4.73. The van der Waals surface area contributed by atoms with Gasteiger partial charge in [-0.05, 0) is 25.5 Å². The van der Waals surface area contributed by atoms with Gasteiger partial charge in [0.1, 0.15) is 6.10 Å². The molecule has 3 heterocycles. The van der Waals surface area contributed by atoms with Crippen LogP contribution in [0.1, 0.15) is 25.7 Å². The molecular formula is C15H23Cl2N3O2. The Hall–Kier alpha value is -1.04. The summed E-state index contributed by atoms with van der Waals surface area (Å²) in [5.74, 6) is 0.938. The number of hydrogen-bond acceptors (Lipinski definition) is 4. The van der Waals surface area contributed by atoms with Gasteiger partial charge in [-0.2, -0.15) is 0 Å². The molecule has 1 aromatic rings. The van der Waals surface area contributed by atoms with Gasteiger partial charge in [-0.1, -0.05) is 6.07 Å². The summed E-state index contributed by atoms with van der Waals surface area (Å²) in [6.45, 7) is 2.54. The maximum Gasteiger partial charge on any atom is 0.239 e. The van der Waals surface area contributed by atoms with Gasteiger partial charge in [-0.3, -0.25) is 4.79 Å². The summed E-state index contributed by atoms with van der Waals surface area (Å²) >= 11 is 0. The number of nitrogens with zero attached hydrogens (tertiary/aromatic N) is 2. The summed E-state index contributed by atoms with van der Waals surface area (Å²) in [4.78, 5) is 18.4. The fourth-order valence-electron chi connectivity index (χ4n) is 2.90. The van der Waals surface area contributed by atoms with Crippen molar-refractivity contribution >= 4 is 30.7 Å². The molecule has 5 nitrogen and oxygen atoms in total. The van der Waals surface area contributed by atoms with Gasteiger partial charge in [0.2, 0.25) is 11.8 Å². The highest BCUT2D eigenvalue weighted by molar-refractivity contribution is 5.85. The number of pyridine rings is 1. The lowest BCUT2D eigenvalue weighted by atomic mass is 10.1. The van der Waals surface area contributed by atoms with E-state index in [1.165, 1.54) is 0 Å². The number of aromatic nitrogens is 1. The molecule has 0 bridgehead atoms. The third-order valence-corrected chi connectivity index (χ3v) is 4.04. The van der Waals surface area contributed by atoms with Crippen LogP contribution in [0.25, 0.3) is 0 Å². The number of ether oxygens (including phenoxy) is 1. The molecule has 22 heavy (non-hydrogen) atoms. The third-order valence-electron chi connectivity index (χ3n) is 4.04. The van der Waals surface area contributed by atoms with Crippen LogP contribution in [0, 0.1) is 0 Å². The van der Waals surface area contributed by atoms with Crippen molar-refractivity contribution in [2.24, 2.45) is 0 Å². The van der Waals surface area contributed by atoms with Crippen molar-refractivity contribution in [1.29, 1.82) is 0 Å². The Bertz CT molecular complexity index is 447. The number of likely N-dealkylation sites (tertiary alicyclic amines) is 1. The highest BCUT2D eigenvalue weighted by Crippen LogP contribution is 2.18. The summed E-state index contributed by atoms with van der Waals surface area (Å²) in [6, 6.07) is 5.72. The quantitative estimate of drug-likeness (QED) is 0.908. The summed E-state index contributed by atoms with van der Waals surface area (Å²) < 4.78 is 5.84. The Morgan fingerprint density at radius 2 is 2.00 bits per heavy atom. The second-order valence-electron chi connectivity index (χ2n) is 5.46.